The Labute approximate surface area is 120 Å². The molecule has 2 rings (SSSR count). The molecule has 5 heteroatoms. The number of amides is 1. The SMILES string of the molecule is Cc1cccc(C)c1NC(=O)c1nn(C)cc1I. The van der Waals surface area contributed by atoms with Gasteiger partial charge in [0.05, 0.1) is 3.57 Å². The van der Waals surface area contributed by atoms with Gasteiger partial charge in [0.2, 0.25) is 0 Å². The molecule has 0 saturated carbocycles. The Kier molecular flexibility index (Phi) is 3.70. The Morgan fingerprint density at radius 3 is 2.44 bits per heavy atom. The van der Waals surface area contributed by atoms with Crippen molar-refractivity contribution in [2.24, 2.45) is 7.05 Å². The number of para-hydroxylation sites is 1. The summed E-state index contributed by atoms with van der Waals surface area (Å²) < 4.78 is 2.49. The summed E-state index contributed by atoms with van der Waals surface area (Å²) in [6.07, 6.45) is 1.82. The molecule has 1 heterocycles. The lowest BCUT2D eigenvalue weighted by Gasteiger charge is -2.10. The third-order valence-electron chi connectivity index (χ3n) is 2.72. The van der Waals surface area contributed by atoms with E-state index in [0.29, 0.717) is 5.69 Å². The monoisotopic (exact) mass is 355 g/mol. The standard InChI is InChI=1S/C13H14IN3O/c1-8-5-4-6-9(2)11(8)15-13(18)12-10(14)7-17(3)16-12/h4-7H,1-3H3,(H,15,18). The van der Waals surface area contributed by atoms with Crippen molar-refractivity contribution in [1.82, 2.24) is 9.78 Å². The van der Waals surface area contributed by atoms with Crippen molar-refractivity contribution in [3.05, 3.63) is 44.8 Å². The minimum atomic E-state index is -0.169. The molecule has 0 aliphatic rings. The highest BCUT2D eigenvalue weighted by Crippen LogP contribution is 2.21. The van der Waals surface area contributed by atoms with Crippen LogP contribution in [0.5, 0.6) is 0 Å². The van der Waals surface area contributed by atoms with Gasteiger partial charge in [-0.2, -0.15) is 5.10 Å². The van der Waals surface area contributed by atoms with Crippen molar-refractivity contribution < 1.29 is 4.79 Å². The van der Waals surface area contributed by atoms with Crippen LogP contribution < -0.4 is 5.32 Å². The number of benzene rings is 1. The lowest BCUT2D eigenvalue weighted by molar-refractivity contribution is 0.102. The fourth-order valence-electron chi connectivity index (χ4n) is 1.80. The lowest BCUT2D eigenvalue weighted by atomic mass is 10.1. The highest BCUT2D eigenvalue weighted by molar-refractivity contribution is 14.1. The fraction of sp³-hybridized carbons (Fsp3) is 0.231. The van der Waals surface area contributed by atoms with E-state index in [4.69, 9.17) is 0 Å². The zero-order chi connectivity index (χ0) is 13.3. The summed E-state index contributed by atoms with van der Waals surface area (Å²) in [5.74, 6) is -0.169. The number of carbonyl (C=O) groups excluding carboxylic acids is 1. The van der Waals surface area contributed by atoms with Crippen LogP contribution in [0.25, 0.3) is 0 Å². The molecule has 1 aromatic heterocycles. The Morgan fingerprint density at radius 2 is 1.94 bits per heavy atom. The van der Waals surface area contributed by atoms with E-state index in [1.165, 1.54) is 0 Å². The predicted molar refractivity (Wildman–Crippen MR) is 79.8 cm³/mol. The molecule has 18 heavy (non-hydrogen) atoms. The Bertz CT molecular complexity index is 584. The fourth-order valence-corrected chi connectivity index (χ4v) is 2.55. The second-order valence-electron chi connectivity index (χ2n) is 4.22. The summed E-state index contributed by atoms with van der Waals surface area (Å²) >= 11 is 2.11. The van der Waals surface area contributed by atoms with Gasteiger partial charge in [0, 0.05) is 18.9 Å². The van der Waals surface area contributed by atoms with Crippen LogP contribution in [0, 0.1) is 17.4 Å². The third kappa shape index (κ3) is 2.55. The molecule has 94 valence electrons. The van der Waals surface area contributed by atoms with E-state index < -0.39 is 0 Å². The van der Waals surface area contributed by atoms with Gasteiger partial charge in [-0.15, -0.1) is 0 Å². The van der Waals surface area contributed by atoms with Crippen LogP contribution in [0.15, 0.2) is 24.4 Å². The van der Waals surface area contributed by atoms with Crippen LogP contribution >= 0.6 is 22.6 Å². The molecule has 0 fully saturated rings. The maximum absolute atomic E-state index is 12.2. The van der Waals surface area contributed by atoms with E-state index in [1.54, 1.807) is 11.7 Å². The van der Waals surface area contributed by atoms with Gasteiger partial charge >= 0.3 is 0 Å². The molecular formula is C13H14IN3O. The van der Waals surface area contributed by atoms with Gasteiger partial charge in [0.25, 0.3) is 5.91 Å². The first kappa shape index (κ1) is 13.1. The van der Waals surface area contributed by atoms with Crippen molar-refractivity contribution in [3.8, 4) is 0 Å². The van der Waals surface area contributed by atoms with Gasteiger partial charge in [0.15, 0.2) is 5.69 Å². The third-order valence-corrected chi connectivity index (χ3v) is 3.51. The van der Waals surface area contributed by atoms with Crippen molar-refractivity contribution in [2.45, 2.75) is 13.8 Å². The molecule has 0 unspecified atom stereocenters. The second kappa shape index (κ2) is 5.09. The number of anilines is 1. The number of nitrogens with zero attached hydrogens (tertiary/aromatic N) is 2. The maximum Gasteiger partial charge on any atom is 0.277 e. The molecule has 0 aliphatic carbocycles. The quantitative estimate of drug-likeness (QED) is 0.843. The Hall–Kier alpha value is -1.37. The number of aromatic nitrogens is 2. The molecule has 0 bridgehead atoms. The first-order valence-corrected chi connectivity index (χ1v) is 6.63. The van der Waals surface area contributed by atoms with Crippen molar-refractivity contribution in [3.63, 3.8) is 0 Å². The second-order valence-corrected chi connectivity index (χ2v) is 5.38. The topological polar surface area (TPSA) is 46.9 Å². The summed E-state index contributed by atoms with van der Waals surface area (Å²) in [5, 5.41) is 7.09. The summed E-state index contributed by atoms with van der Waals surface area (Å²) in [6, 6.07) is 5.93. The molecule has 1 amide bonds. The number of halogens is 1. The van der Waals surface area contributed by atoms with Crippen LogP contribution in [0.2, 0.25) is 0 Å². The average molecular weight is 355 g/mol. The normalized spacial score (nSPS) is 10.4. The zero-order valence-electron chi connectivity index (χ0n) is 10.5. The first-order valence-electron chi connectivity index (χ1n) is 5.55. The van der Waals surface area contributed by atoms with Gasteiger partial charge < -0.3 is 5.32 Å². The zero-order valence-corrected chi connectivity index (χ0v) is 12.6. The first-order chi connectivity index (χ1) is 8.49. The van der Waals surface area contributed by atoms with E-state index in [0.717, 1.165) is 20.4 Å². The molecule has 4 nitrogen and oxygen atoms in total. The molecule has 1 N–H and O–H groups in total. The van der Waals surface area contributed by atoms with Gasteiger partial charge in [-0.3, -0.25) is 9.48 Å². The lowest BCUT2D eigenvalue weighted by Crippen LogP contribution is -2.15. The number of nitrogens with one attached hydrogen (secondary N) is 1. The number of rotatable bonds is 2. The van der Waals surface area contributed by atoms with Gasteiger partial charge in [-0.05, 0) is 47.6 Å². The Morgan fingerprint density at radius 1 is 1.33 bits per heavy atom. The molecule has 2 aromatic rings. The van der Waals surface area contributed by atoms with E-state index >= 15 is 0 Å². The highest BCUT2D eigenvalue weighted by atomic mass is 127. The predicted octanol–water partition coefficient (Wildman–Crippen LogP) is 2.89. The molecule has 0 aliphatic heterocycles. The minimum Gasteiger partial charge on any atom is -0.320 e. The van der Waals surface area contributed by atoms with Crippen molar-refractivity contribution in [1.29, 1.82) is 0 Å². The molecule has 1 aromatic carbocycles. The largest absolute Gasteiger partial charge is 0.320 e. The summed E-state index contributed by atoms with van der Waals surface area (Å²) in [7, 11) is 1.80. The maximum atomic E-state index is 12.2. The van der Waals surface area contributed by atoms with Crippen LogP contribution in [0.3, 0.4) is 0 Å². The van der Waals surface area contributed by atoms with E-state index in [-0.39, 0.29) is 5.91 Å². The summed E-state index contributed by atoms with van der Waals surface area (Å²) in [6.45, 7) is 3.96. The minimum absolute atomic E-state index is 0.169. The van der Waals surface area contributed by atoms with Gasteiger partial charge in [-0.1, -0.05) is 18.2 Å². The average Bonchev–Trinajstić information content (AvgIpc) is 2.63. The number of aryl methyl sites for hydroxylation is 3. The van der Waals surface area contributed by atoms with Crippen molar-refractivity contribution in [2.75, 3.05) is 5.32 Å². The highest BCUT2D eigenvalue weighted by Gasteiger charge is 2.15. The number of hydrogen-bond acceptors (Lipinski definition) is 2. The van der Waals surface area contributed by atoms with Crippen LogP contribution in [-0.2, 0) is 7.05 Å². The summed E-state index contributed by atoms with van der Waals surface area (Å²) in [5.41, 5.74) is 3.42. The molecule has 0 atom stereocenters. The van der Waals surface area contributed by atoms with E-state index in [2.05, 4.69) is 33.0 Å². The molecule has 0 saturated heterocycles. The van der Waals surface area contributed by atoms with Crippen LogP contribution in [0.4, 0.5) is 5.69 Å². The number of carbonyl (C=O) groups is 1. The van der Waals surface area contributed by atoms with E-state index in [1.807, 2.05) is 38.2 Å². The van der Waals surface area contributed by atoms with Crippen molar-refractivity contribution >= 4 is 34.2 Å². The van der Waals surface area contributed by atoms with Crippen LogP contribution in [-0.4, -0.2) is 15.7 Å². The van der Waals surface area contributed by atoms with E-state index in [9.17, 15) is 4.79 Å². The molecule has 0 spiro atoms. The van der Waals surface area contributed by atoms with Crippen LogP contribution in [0.1, 0.15) is 21.6 Å². The Balaban J connectivity index is 2.30. The van der Waals surface area contributed by atoms with Gasteiger partial charge in [-0.25, -0.2) is 0 Å². The molecular weight excluding hydrogens is 341 g/mol. The molecule has 0 radical (unpaired) electrons. The smallest absolute Gasteiger partial charge is 0.277 e. The number of hydrogen-bond donors (Lipinski definition) is 1. The summed E-state index contributed by atoms with van der Waals surface area (Å²) in [4.78, 5) is 12.2. The van der Waals surface area contributed by atoms with Gasteiger partial charge in [0.1, 0.15) is 0 Å².